The summed E-state index contributed by atoms with van der Waals surface area (Å²) >= 11 is 0. The largest absolute Gasteiger partial charge is 0.477 e. The van der Waals surface area contributed by atoms with Gasteiger partial charge in [-0.25, -0.2) is 4.98 Å². The highest BCUT2D eigenvalue weighted by atomic mass is 16.5. The molecule has 0 saturated carbocycles. The minimum atomic E-state index is -0.377. The van der Waals surface area contributed by atoms with Crippen molar-refractivity contribution in [2.75, 3.05) is 18.9 Å². The van der Waals surface area contributed by atoms with Crippen molar-refractivity contribution in [2.45, 2.75) is 13.3 Å². The molecule has 0 aliphatic carbocycles. The molecule has 7 nitrogen and oxygen atoms in total. The molecule has 0 bridgehead atoms. The molecule has 0 unspecified atom stereocenters. The molecule has 2 heterocycles. The van der Waals surface area contributed by atoms with Crippen molar-refractivity contribution < 1.29 is 9.53 Å². The van der Waals surface area contributed by atoms with Crippen molar-refractivity contribution in [2.24, 2.45) is 0 Å². The average molecular weight is 311 g/mol. The second kappa shape index (κ2) is 7.75. The molecule has 0 fully saturated rings. The number of nitrogens with zero attached hydrogens (tertiary/aromatic N) is 3. The smallest absolute Gasteiger partial charge is 0.270 e. The van der Waals surface area contributed by atoms with E-state index in [0.29, 0.717) is 19.6 Å². The molecule has 2 aromatic rings. The summed E-state index contributed by atoms with van der Waals surface area (Å²) in [6.07, 6.45) is 2.31. The lowest BCUT2D eigenvalue weighted by atomic mass is 10.2. The van der Waals surface area contributed by atoms with Crippen LogP contribution in [0.1, 0.15) is 28.7 Å². The molecule has 0 aliphatic rings. The molecule has 1 amide bonds. The number of amides is 1. The molecule has 23 heavy (non-hydrogen) atoms. The molecular formula is C16H17N5O2. The van der Waals surface area contributed by atoms with Crippen molar-refractivity contribution >= 4 is 11.6 Å². The molecule has 0 radical (unpaired) electrons. The molecule has 2 rings (SSSR count). The van der Waals surface area contributed by atoms with E-state index in [9.17, 15) is 4.79 Å². The first-order valence-corrected chi connectivity index (χ1v) is 7.17. The predicted molar refractivity (Wildman–Crippen MR) is 84.8 cm³/mol. The highest BCUT2D eigenvalue weighted by Gasteiger charge is 2.16. The van der Waals surface area contributed by atoms with Gasteiger partial charge in [-0.1, -0.05) is 6.07 Å². The van der Waals surface area contributed by atoms with Crippen LogP contribution >= 0.6 is 0 Å². The molecule has 0 aliphatic heterocycles. The number of hydrogen-bond donors (Lipinski definition) is 2. The maximum Gasteiger partial charge on any atom is 0.270 e. The second-order valence-electron chi connectivity index (χ2n) is 4.65. The highest BCUT2D eigenvalue weighted by Crippen LogP contribution is 2.22. The Labute approximate surface area is 134 Å². The number of carbonyl (C=O) groups excluding carboxylic acids is 1. The van der Waals surface area contributed by atoms with Crippen LogP contribution in [0.15, 0.2) is 30.5 Å². The summed E-state index contributed by atoms with van der Waals surface area (Å²) < 4.78 is 5.27. The van der Waals surface area contributed by atoms with Gasteiger partial charge < -0.3 is 15.8 Å². The summed E-state index contributed by atoms with van der Waals surface area (Å²) in [7, 11) is 0. The van der Waals surface area contributed by atoms with Gasteiger partial charge in [-0.05, 0) is 25.1 Å². The first-order chi connectivity index (χ1) is 11.2. The van der Waals surface area contributed by atoms with Gasteiger partial charge >= 0.3 is 0 Å². The van der Waals surface area contributed by atoms with Gasteiger partial charge in [-0.3, -0.25) is 9.78 Å². The molecule has 2 aromatic heterocycles. The molecule has 7 heteroatoms. The van der Waals surface area contributed by atoms with Gasteiger partial charge in [0.2, 0.25) is 5.88 Å². The molecule has 0 aromatic carbocycles. The Morgan fingerprint density at radius 3 is 2.96 bits per heavy atom. The Balaban J connectivity index is 2.06. The maximum absolute atomic E-state index is 12.2. The Hall–Kier alpha value is -3.14. The van der Waals surface area contributed by atoms with Crippen LogP contribution in [0.2, 0.25) is 0 Å². The van der Waals surface area contributed by atoms with Crippen molar-refractivity contribution in [3.63, 3.8) is 0 Å². The number of aromatic nitrogens is 2. The number of nitrogens with one attached hydrogen (secondary N) is 1. The number of pyridine rings is 2. The minimum Gasteiger partial charge on any atom is -0.477 e. The highest BCUT2D eigenvalue weighted by molar-refractivity contribution is 5.93. The van der Waals surface area contributed by atoms with E-state index in [1.165, 1.54) is 6.07 Å². The summed E-state index contributed by atoms with van der Waals surface area (Å²) in [6, 6.07) is 8.91. The Morgan fingerprint density at radius 2 is 2.30 bits per heavy atom. The number of nitrogens with two attached hydrogens (primary N) is 1. The fourth-order valence-corrected chi connectivity index (χ4v) is 1.95. The average Bonchev–Trinajstić information content (AvgIpc) is 2.56. The lowest BCUT2D eigenvalue weighted by Gasteiger charge is -2.10. The lowest BCUT2D eigenvalue weighted by Crippen LogP contribution is -2.27. The number of hydrogen-bond acceptors (Lipinski definition) is 6. The van der Waals surface area contributed by atoms with E-state index in [-0.39, 0.29) is 28.7 Å². The zero-order valence-electron chi connectivity index (χ0n) is 12.7. The predicted octanol–water partition coefficient (Wildman–Crippen LogP) is 1.30. The van der Waals surface area contributed by atoms with Crippen molar-refractivity contribution in [1.82, 2.24) is 15.3 Å². The van der Waals surface area contributed by atoms with Crippen LogP contribution in [0, 0.1) is 11.3 Å². The Bertz CT molecular complexity index is 725. The van der Waals surface area contributed by atoms with Crippen molar-refractivity contribution in [3.8, 4) is 11.9 Å². The second-order valence-corrected chi connectivity index (χ2v) is 4.65. The standard InChI is InChI=1S/C16H17N5O2/c1-2-23-16-12(10-17)13(18)9-14(21-16)15(22)20-8-6-11-5-3-4-7-19-11/h3-5,7,9H,2,6,8H2,1H3,(H2,18,21)(H,20,22). The molecule has 3 N–H and O–H groups in total. The van der Waals surface area contributed by atoms with Gasteiger partial charge in [0.15, 0.2) is 0 Å². The van der Waals surface area contributed by atoms with Crippen LogP contribution < -0.4 is 15.8 Å². The summed E-state index contributed by atoms with van der Waals surface area (Å²) in [5.74, 6) is -0.303. The third-order valence-corrected chi connectivity index (χ3v) is 3.04. The van der Waals surface area contributed by atoms with Gasteiger partial charge in [0.25, 0.3) is 5.91 Å². The van der Waals surface area contributed by atoms with Crippen LogP contribution in [0.3, 0.4) is 0 Å². The normalized spacial score (nSPS) is 9.91. The molecular weight excluding hydrogens is 294 g/mol. The van der Waals surface area contributed by atoms with Crippen molar-refractivity contribution in [1.29, 1.82) is 5.26 Å². The molecule has 0 saturated heterocycles. The molecule has 0 atom stereocenters. The molecule has 118 valence electrons. The number of ether oxygens (including phenoxy) is 1. The van der Waals surface area contributed by atoms with Crippen LogP contribution in [-0.2, 0) is 6.42 Å². The summed E-state index contributed by atoms with van der Waals surface area (Å²) in [6.45, 7) is 2.51. The van der Waals surface area contributed by atoms with E-state index >= 15 is 0 Å². The van der Waals surface area contributed by atoms with E-state index in [2.05, 4.69) is 15.3 Å². The first kappa shape index (κ1) is 16.2. The SMILES string of the molecule is CCOc1nc(C(=O)NCCc2ccccn2)cc(N)c1C#N. The van der Waals surface area contributed by atoms with Crippen LogP contribution in [0.5, 0.6) is 5.88 Å². The van der Waals surface area contributed by atoms with E-state index in [0.717, 1.165) is 5.69 Å². The van der Waals surface area contributed by atoms with Gasteiger partial charge in [-0.15, -0.1) is 0 Å². The third kappa shape index (κ3) is 4.17. The van der Waals surface area contributed by atoms with Crippen molar-refractivity contribution in [3.05, 3.63) is 47.4 Å². The van der Waals surface area contributed by atoms with Gasteiger partial charge in [-0.2, -0.15) is 5.26 Å². The zero-order valence-corrected chi connectivity index (χ0v) is 12.7. The van der Waals surface area contributed by atoms with E-state index in [1.54, 1.807) is 13.1 Å². The number of nitriles is 1. The first-order valence-electron chi connectivity index (χ1n) is 7.17. The van der Waals surface area contributed by atoms with E-state index < -0.39 is 0 Å². The zero-order chi connectivity index (χ0) is 16.7. The number of carbonyl (C=O) groups is 1. The minimum absolute atomic E-state index is 0.0740. The van der Waals surface area contributed by atoms with Gasteiger partial charge in [0, 0.05) is 24.9 Å². The topological polar surface area (TPSA) is 114 Å². The fourth-order valence-electron chi connectivity index (χ4n) is 1.95. The summed E-state index contributed by atoms with van der Waals surface area (Å²) in [5.41, 5.74) is 7.09. The Morgan fingerprint density at radius 1 is 1.48 bits per heavy atom. The van der Waals surface area contributed by atoms with Gasteiger partial charge in [0.1, 0.15) is 17.3 Å². The van der Waals surface area contributed by atoms with Crippen LogP contribution in [0.25, 0.3) is 0 Å². The van der Waals surface area contributed by atoms with Crippen LogP contribution in [-0.4, -0.2) is 29.0 Å². The lowest BCUT2D eigenvalue weighted by molar-refractivity contribution is 0.0948. The summed E-state index contributed by atoms with van der Waals surface area (Å²) in [5, 5.41) is 11.8. The summed E-state index contributed by atoms with van der Waals surface area (Å²) in [4.78, 5) is 20.4. The number of rotatable bonds is 6. The Kier molecular flexibility index (Phi) is 5.47. The third-order valence-electron chi connectivity index (χ3n) is 3.04. The van der Waals surface area contributed by atoms with Gasteiger partial charge in [0.05, 0.1) is 12.3 Å². The van der Waals surface area contributed by atoms with E-state index in [1.807, 2.05) is 24.3 Å². The fraction of sp³-hybridized carbons (Fsp3) is 0.250. The molecule has 0 spiro atoms. The monoisotopic (exact) mass is 311 g/mol. The maximum atomic E-state index is 12.2. The number of nitrogen functional groups attached to an aromatic ring is 1. The van der Waals surface area contributed by atoms with E-state index in [4.69, 9.17) is 15.7 Å². The quantitative estimate of drug-likeness (QED) is 0.831. The van der Waals surface area contributed by atoms with Crippen LogP contribution in [0.4, 0.5) is 5.69 Å². The number of anilines is 1.